The van der Waals surface area contributed by atoms with Gasteiger partial charge in [0.1, 0.15) is 0 Å². The molecule has 1 fully saturated rings. The Morgan fingerprint density at radius 1 is 1.41 bits per heavy atom. The molecule has 1 heterocycles. The maximum absolute atomic E-state index is 12.2. The van der Waals surface area contributed by atoms with Crippen LogP contribution >= 0.6 is 11.8 Å². The predicted octanol–water partition coefficient (Wildman–Crippen LogP) is 2.64. The van der Waals surface area contributed by atoms with E-state index in [0.717, 1.165) is 23.7 Å². The molecule has 0 aromatic heterocycles. The van der Waals surface area contributed by atoms with Gasteiger partial charge < -0.3 is 15.4 Å². The summed E-state index contributed by atoms with van der Waals surface area (Å²) >= 11 is 1.65. The number of anilines is 1. The zero-order valence-electron chi connectivity index (χ0n) is 13.6. The first-order valence-corrected chi connectivity index (χ1v) is 8.74. The quantitative estimate of drug-likeness (QED) is 0.818. The van der Waals surface area contributed by atoms with Crippen LogP contribution in [-0.2, 0) is 4.74 Å². The minimum Gasteiger partial charge on any atom is -0.378 e. The summed E-state index contributed by atoms with van der Waals surface area (Å²) in [5.74, 6) is 0. The molecule has 1 aromatic carbocycles. The van der Waals surface area contributed by atoms with Crippen LogP contribution in [0.15, 0.2) is 29.2 Å². The third kappa shape index (κ3) is 4.38. The van der Waals surface area contributed by atoms with Crippen molar-refractivity contribution < 1.29 is 9.53 Å². The number of urea groups is 1. The number of carbonyl (C=O) groups is 1. The maximum Gasteiger partial charge on any atom is 0.319 e. The summed E-state index contributed by atoms with van der Waals surface area (Å²) in [5.41, 5.74) is 0.803. The molecule has 0 saturated carbocycles. The lowest BCUT2D eigenvalue weighted by atomic mass is 10.2. The van der Waals surface area contributed by atoms with E-state index in [1.165, 1.54) is 0 Å². The van der Waals surface area contributed by atoms with Gasteiger partial charge in [-0.05, 0) is 38.3 Å². The van der Waals surface area contributed by atoms with Gasteiger partial charge in [-0.3, -0.25) is 4.90 Å². The molecule has 2 unspecified atom stereocenters. The smallest absolute Gasteiger partial charge is 0.319 e. The van der Waals surface area contributed by atoms with E-state index in [0.29, 0.717) is 6.04 Å². The summed E-state index contributed by atoms with van der Waals surface area (Å²) in [7, 11) is 1.70. The Bertz CT molecular complexity index is 510. The van der Waals surface area contributed by atoms with E-state index in [1.807, 2.05) is 30.5 Å². The third-order valence-corrected chi connectivity index (χ3v) is 4.70. The summed E-state index contributed by atoms with van der Waals surface area (Å²) < 4.78 is 5.50. The minimum absolute atomic E-state index is 0.0103. The number of hydrogen-bond acceptors (Lipinski definition) is 4. The van der Waals surface area contributed by atoms with Crippen molar-refractivity contribution in [1.82, 2.24) is 10.2 Å². The number of nitrogens with zero attached hydrogens (tertiary/aromatic N) is 1. The Morgan fingerprint density at radius 2 is 2.18 bits per heavy atom. The van der Waals surface area contributed by atoms with Crippen LogP contribution in [0.5, 0.6) is 0 Å². The van der Waals surface area contributed by atoms with Gasteiger partial charge in [-0.2, -0.15) is 0 Å². The first kappa shape index (κ1) is 17.1. The van der Waals surface area contributed by atoms with Gasteiger partial charge in [-0.1, -0.05) is 6.07 Å². The van der Waals surface area contributed by atoms with Crippen molar-refractivity contribution in [2.45, 2.75) is 36.9 Å². The predicted molar refractivity (Wildman–Crippen MR) is 91.7 cm³/mol. The standard InChI is InChI=1S/C16H25N3O2S/c1-11(2)19-9-14(15(10-19)21-3)18-16(20)17-12-6-5-7-13(8-12)22-4/h5-8,11,14-15H,9-10H2,1-4H3,(H2,17,18,20). The summed E-state index contributed by atoms with van der Waals surface area (Å²) in [5, 5.41) is 5.92. The Morgan fingerprint density at radius 3 is 2.82 bits per heavy atom. The second-order valence-corrected chi connectivity index (χ2v) is 6.64. The molecule has 1 saturated heterocycles. The van der Waals surface area contributed by atoms with Gasteiger partial charge in [0.25, 0.3) is 0 Å². The number of likely N-dealkylation sites (tertiary alicyclic amines) is 1. The van der Waals surface area contributed by atoms with E-state index in [2.05, 4.69) is 29.4 Å². The van der Waals surface area contributed by atoms with Crippen LogP contribution in [0.4, 0.5) is 10.5 Å². The van der Waals surface area contributed by atoms with Gasteiger partial charge >= 0.3 is 6.03 Å². The molecule has 0 radical (unpaired) electrons. The second kappa shape index (κ2) is 7.85. The van der Waals surface area contributed by atoms with Crippen LogP contribution in [-0.4, -0.2) is 55.6 Å². The molecule has 122 valence electrons. The Labute approximate surface area is 136 Å². The lowest BCUT2D eigenvalue weighted by molar-refractivity contribution is 0.0896. The summed E-state index contributed by atoms with van der Waals surface area (Å²) in [6.07, 6.45) is 2.05. The SMILES string of the molecule is COC1CN(C(C)C)CC1NC(=O)Nc1cccc(SC)c1. The third-order valence-electron chi connectivity index (χ3n) is 3.97. The van der Waals surface area contributed by atoms with Crippen molar-refractivity contribution in [3.05, 3.63) is 24.3 Å². The molecule has 1 aromatic rings. The van der Waals surface area contributed by atoms with Crippen LogP contribution < -0.4 is 10.6 Å². The molecule has 0 bridgehead atoms. The number of ether oxygens (including phenoxy) is 1. The van der Waals surface area contributed by atoms with Crippen molar-refractivity contribution in [1.29, 1.82) is 0 Å². The van der Waals surface area contributed by atoms with Crippen LogP contribution in [0, 0.1) is 0 Å². The van der Waals surface area contributed by atoms with Crippen molar-refractivity contribution in [2.75, 3.05) is 31.8 Å². The zero-order valence-corrected chi connectivity index (χ0v) is 14.4. The highest BCUT2D eigenvalue weighted by molar-refractivity contribution is 7.98. The topological polar surface area (TPSA) is 53.6 Å². The number of hydrogen-bond donors (Lipinski definition) is 2. The first-order chi connectivity index (χ1) is 10.5. The van der Waals surface area contributed by atoms with E-state index in [1.54, 1.807) is 18.9 Å². The van der Waals surface area contributed by atoms with Crippen molar-refractivity contribution in [3.63, 3.8) is 0 Å². The van der Waals surface area contributed by atoms with Crippen molar-refractivity contribution in [2.24, 2.45) is 0 Å². The van der Waals surface area contributed by atoms with E-state index in [4.69, 9.17) is 4.74 Å². The number of benzene rings is 1. The molecule has 2 N–H and O–H groups in total. The molecule has 0 spiro atoms. The highest BCUT2D eigenvalue weighted by atomic mass is 32.2. The normalized spacial score (nSPS) is 22.0. The molecule has 1 aliphatic rings. The van der Waals surface area contributed by atoms with Gasteiger partial charge in [-0.15, -0.1) is 11.8 Å². The fourth-order valence-electron chi connectivity index (χ4n) is 2.64. The number of carbonyl (C=O) groups excluding carboxylic acids is 1. The molecule has 1 aliphatic heterocycles. The van der Waals surface area contributed by atoms with Gasteiger partial charge in [0.2, 0.25) is 0 Å². The molecular formula is C16H25N3O2S. The molecule has 2 atom stereocenters. The lowest BCUT2D eigenvalue weighted by Gasteiger charge is -2.20. The van der Waals surface area contributed by atoms with Crippen LogP contribution in [0.2, 0.25) is 0 Å². The lowest BCUT2D eigenvalue weighted by Crippen LogP contribution is -2.45. The Balaban J connectivity index is 1.93. The van der Waals surface area contributed by atoms with Gasteiger partial charge in [0.05, 0.1) is 12.1 Å². The fourth-order valence-corrected chi connectivity index (χ4v) is 3.10. The van der Waals surface area contributed by atoms with E-state index >= 15 is 0 Å². The molecule has 0 aliphatic carbocycles. The molecule has 2 rings (SSSR count). The van der Waals surface area contributed by atoms with Crippen molar-refractivity contribution in [3.8, 4) is 0 Å². The average molecular weight is 323 g/mol. The second-order valence-electron chi connectivity index (χ2n) is 5.76. The molecule has 6 heteroatoms. The van der Waals surface area contributed by atoms with Crippen LogP contribution in [0.1, 0.15) is 13.8 Å². The minimum atomic E-state index is -0.184. The van der Waals surface area contributed by atoms with Crippen LogP contribution in [0.3, 0.4) is 0 Å². The Hall–Kier alpha value is -1.24. The molecule has 2 amide bonds. The number of methoxy groups -OCH3 is 1. The monoisotopic (exact) mass is 323 g/mol. The van der Waals surface area contributed by atoms with Gasteiger partial charge in [-0.25, -0.2) is 4.79 Å². The summed E-state index contributed by atoms with van der Waals surface area (Å²) in [6, 6.07) is 8.09. The molecule has 5 nitrogen and oxygen atoms in total. The highest BCUT2D eigenvalue weighted by Gasteiger charge is 2.34. The van der Waals surface area contributed by atoms with Gasteiger partial charge in [0.15, 0.2) is 0 Å². The Kier molecular flexibility index (Phi) is 6.11. The van der Waals surface area contributed by atoms with Gasteiger partial charge in [0, 0.05) is 36.8 Å². The number of rotatable bonds is 5. The molecular weight excluding hydrogens is 298 g/mol. The highest BCUT2D eigenvalue weighted by Crippen LogP contribution is 2.19. The first-order valence-electron chi connectivity index (χ1n) is 7.52. The number of nitrogens with one attached hydrogen (secondary N) is 2. The number of thioether (sulfide) groups is 1. The van der Waals surface area contributed by atoms with Crippen molar-refractivity contribution >= 4 is 23.5 Å². The van der Waals surface area contributed by atoms with Crippen LogP contribution in [0.25, 0.3) is 0 Å². The zero-order chi connectivity index (χ0) is 16.1. The largest absolute Gasteiger partial charge is 0.378 e. The van der Waals surface area contributed by atoms with E-state index in [9.17, 15) is 4.79 Å². The van der Waals surface area contributed by atoms with E-state index < -0.39 is 0 Å². The average Bonchev–Trinajstić information content (AvgIpc) is 2.90. The summed E-state index contributed by atoms with van der Waals surface area (Å²) in [4.78, 5) is 15.6. The fraction of sp³-hybridized carbons (Fsp3) is 0.562. The number of amides is 2. The summed E-state index contributed by atoms with van der Waals surface area (Å²) in [6.45, 7) is 5.97. The van der Waals surface area contributed by atoms with E-state index in [-0.39, 0.29) is 18.2 Å². The molecule has 22 heavy (non-hydrogen) atoms. The maximum atomic E-state index is 12.2.